The molecule has 0 bridgehead atoms. The molecule has 0 saturated carbocycles. The van der Waals surface area contributed by atoms with E-state index in [-0.39, 0.29) is 31.8 Å². The van der Waals surface area contributed by atoms with E-state index in [1.807, 2.05) is 13.8 Å². The highest BCUT2D eigenvalue weighted by atomic mass is 35.5. The molecule has 0 aliphatic carbocycles. The molecule has 2 aromatic rings. The number of hydrogen-bond donors (Lipinski definition) is 2. The van der Waals surface area contributed by atoms with Crippen LogP contribution in [0, 0.1) is 5.92 Å². The van der Waals surface area contributed by atoms with Gasteiger partial charge in [0.25, 0.3) is 11.8 Å². The molecular formula is C17H15Cl4N3O2. The normalized spacial score (nSPS) is 10.7. The molecule has 26 heavy (non-hydrogen) atoms. The van der Waals surface area contributed by atoms with Crippen LogP contribution >= 0.6 is 46.4 Å². The van der Waals surface area contributed by atoms with Crippen LogP contribution in [-0.4, -0.2) is 23.3 Å². The predicted octanol–water partition coefficient (Wildman–Crippen LogP) is 5.33. The number of halogens is 4. The summed E-state index contributed by atoms with van der Waals surface area (Å²) in [4.78, 5) is 28.8. The number of benzene rings is 1. The summed E-state index contributed by atoms with van der Waals surface area (Å²) in [6, 6.07) is 6.57. The summed E-state index contributed by atoms with van der Waals surface area (Å²) >= 11 is 23.7. The van der Waals surface area contributed by atoms with E-state index >= 15 is 0 Å². The monoisotopic (exact) mass is 433 g/mol. The Hall–Kier alpha value is -1.53. The van der Waals surface area contributed by atoms with Gasteiger partial charge in [-0.05, 0) is 18.1 Å². The SMILES string of the molecule is CC(C)CNC(=O)c1ccccc1NC(=O)c1nc(Cl)c(Cl)c(Cl)c1Cl. The van der Waals surface area contributed by atoms with E-state index in [1.165, 1.54) is 0 Å². The van der Waals surface area contributed by atoms with Crippen LogP contribution in [0.25, 0.3) is 0 Å². The third kappa shape index (κ3) is 4.80. The van der Waals surface area contributed by atoms with Crippen LogP contribution < -0.4 is 10.6 Å². The van der Waals surface area contributed by atoms with Crippen molar-refractivity contribution in [3.05, 3.63) is 55.7 Å². The van der Waals surface area contributed by atoms with Crippen molar-refractivity contribution in [2.24, 2.45) is 5.92 Å². The standard InChI is InChI=1S/C17H15Cl4N3O2/c1-8(2)7-22-16(25)9-5-3-4-6-10(9)23-17(26)14-12(19)11(18)13(20)15(21)24-14/h3-6,8H,7H2,1-2H3,(H,22,25)(H,23,26). The average molecular weight is 435 g/mol. The van der Waals surface area contributed by atoms with E-state index in [0.717, 1.165) is 0 Å². The summed E-state index contributed by atoms with van der Waals surface area (Å²) in [5.74, 6) is -0.678. The van der Waals surface area contributed by atoms with Crippen molar-refractivity contribution in [3.63, 3.8) is 0 Å². The van der Waals surface area contributed by atoms with Crippen molar-refractivity contribution in [2.45, 2.75) is 13.8 Å². The zero-order valence-electron chi connectivity index (χ0n) is 13.9. The number of pyridine rings is 1. The van der Waals surface area contributed by atoms with Gasteiger partial charge in [-0.1, -0.05) is 72.4 Å². The van der Waals surface area contributed by atoms with E-state index in [0.29, 0.717) is 23.7 Å². The van der Waals surface area contributed by atoms with Crippen LogP contribution in [0.1, 0.15) is 34.7 Å². The zero-order valence-corrected chi connectivity index (χ0v) is 16.9. The smallest absolute Gasteiger partial charge is 0.275 e. The molecule has 1 heterocycles. The number of para-hydroxylation sites is 1. The van der Waals surface area contributed by atoms with Gasteiger partial charge < -0.3 is 10.6 Å². The van der Waals surface area contributed by atoms with Crippen molar-refractivity contribution in [3.8, 4) is 0 Å². The average Bonchev–Trinajstić information content (AvgIpc) is 2.61. The summed E-state index contributed by atoms with van der Waals surface area (Å²) < 4.78 is 0. The van der Waals surface area contributed by atoms with Crippen LogP contribution in [0.15, 0.2) is 24.3 Å². The first kappa shape index (κ1) is 20.8. The maximum Gasteiger partial charge on any atom is 0.275 e. The molecule has 2 amide bonds. The topological polar surface area (TPSA) is 71.1 Å². The second kappa shape index (κ2) is 8.91. The Morgan fingerprint density at radius 1 is 1.00 bits per heavy atom. The zero-order chi connectivity index (χ0) is 19.4. The number of nitrogens with one attached hydrogen (secondary N) is 2. The Labute approximate surface area is 171 Å². The van der Waals surface area contributed by atoms with Gasteiger partial charge in [0.2, 0.25) is 0 Å². The fourth-order valence-electron chi connectivity index (χ4n) is 2.00. The second-order valence-corrected chi connectivity index (χ2v) is 7.29. The molecule has 0 aliphatic rings. The van der Waals surface area contributed by atoms with E-state index in [4.69, 9.17) is 46.4 Å². The Bertz CT molecular complexity index is 856. The number of carbonyl (C=O) groups is 2. The van der Waals surface area contributed by atoms with Gasteiger partial charge in [0.15, 0.2) is 0 Å². The minimum absolute atomic E-state index is 0.0386. The van der Waals surface area contributed by atoms with E-state index in [1.54, 1.807) is 24.3 Å². The lowest BCUT2D eigenvalue weighted by atomic mass is 10.1. The van der Waals surface area contributed by atoms with Gasteiger partial charge in [0.05, 0.1) is 26.3 Å². The van der Waals surface area contributed by atoms with Gasteiger partial charge in [-0.15, -0.1) is 0 Å². The van der Waals surface area contributed by atoms with E-state index in [9.17, 15) is 9.59 Å². The Morgan fingerprint density at radius 2 is 1.65 bits per heavy atom. The Kier molecular flexibility index (Phi) is 7.12. The van der Waals surface area contributed by atoms with Crippen molar-refractivity contribution in [2.75, 3.05) is 11.9 Å². The predicted molar refractivity (Wildman–Crippen MR) is 106 cm³/mol. The number of hydrogen-bond acceptors (Lipinski definition) is 3. The molecular weight excluding hydrogens is 420 g/mol. The van der Waals surface area contributed by atoms with Gasteiger partial charge in [-0.3, -0.25) is 9.59 Å². The lowest BCUT2D eigenvalue weighted by Gasteiger charge is -2.13. The van der Waals surface area contributed by atoms with Gasteiger partial charge >= 0.3 is 0 Å². The molecule has 0 unspecified atom stereocenters. The quantitative estimate of drug-likeness (QED) is 0.624. The summed E-state index contributed by atoms with van der Waals surface area (Å²) in [6.45, 7) is 4.47. The van der Waals surface area contributed by atoms with Crippen LogP contribution in [0.5, 0.6) is 0 Å². The molecule has 138 valence electrons. The molecule has 0 fully saturated rings. The van der Waals surface area contributed by atoms with Gasteiger partial charge in [0, 0.05) is 6.54 Å². The fraction of sp³-hybridized carbons (Fsp3) is 0.235. The molecule has 0 spiro atoms. The fourth-order valence-corrected chi connectivity index (χ4v) is 2.82. The lowest BCUT2D eigenvalue weighted by molar-refractivity contribution is 0.0950. The number of aromatic nitrogens is 1. The first-order valence-corrected chi connectivity index (χ1v) is 9.12. The molecule has 1 aromatic heterocycles. The minimum Gasteiger partial charge on any atom is -0.352 e. The minimum atomic E-state index is -0.667. The molecule has 0 saturated heterocycles. The molecule has 9 heteroatoms. The molecule has 0 radical (unpaired) electrons. The van der Waals surface area contributed by atoms with E-state index in [2.05, 4.69) is 15.6 Å². The summed E-state index contributed by atoms with van der Waals surface area (Å²) in [5.41, 5.74) is 0.422. The Balaban J connectivity index is 2.30. The summed E-state index contributed by atoms with van der Waals surface area (Å²) in [5, 5.41) is 5.02. The van der Waals surface area contributed by atoms with Crippen LogP contribution in [0.2, 0.25) is 20.2 Å². The highest BCUT2D eigenvalue weighted by molar-refractivity contribution is 6.52. The first-order valence-electron chi connectivity index (χ1n) is 7.61. The third-order valence-electron chi connectivity index (χ3n) is 3.29. The maximum atomic E-state index is 12.5. The van der Waals surface area contributed by atoms with Crippen molar-refractivity contribution in [1.82, 2.24) is 10.3 Å². The van der Waals surface area contributed by atoms with Crippen molar-refractivity contribution in [1.29, 1.82) is 0 Å². The largest absolute Gasteiger partial charge is 0.352 e. The number of anilines is 1. The molecule has 1 aromatic carbocycles. The first-order chi connectivity index (χ1) is 12.2. The second-order valence-electron chi connectivity index (χ2n) is 5.80. The Morgan fingerprint density at radius 3 is 2.31 bits per heavy atom. The third-order valence-corrected chi connectivity index (χ3v) is 4.97. The summed E-state index contributed by atoms with van der Waals surface area (Å²) in [6.07, 6.45) is 0. The molecule has 0 aliphatic heterocycles. The molecule has 5 nitrogen and oxygen atoms in total. The van der Waals surface area contributed by atoms with Crippen molar-refractivity contribution < 1.29 is 9.59 Å². The highest BCUT2D eigenvalue weighted by Crippen LogP contribution is 2.36. The van der Waals surface area contributed by atoms with Gasteiger partial charge in [-0.2, -0.15) is 0 Å². The van der Waals surface area contributed by atoms with Gasteiger partial charge in [-0.25, -0.2) is 4.98 Å². The summed E-state index contributed by atoms with van der Waals surface area (Å²) in [7, 11) is 0. The van der Waals surface area contributed by atoms with E-state index < -0.39 is 5.91 Å². The number of nitrogens with zero attached hydrogens (tertiary/aromatic N) is 1. The number of carbonyl (C=O) groups excluding carboxylic acids is 2. The lowest BCUT2D eigenvalue weighted by Crippen LogP contribution is -2.28. The van der Waals surface area contributed by atoms with Crippen LogP contribution in [-0.2, 0) is 0 Å². The van der Waals surface area contributed by atoms with Gasteiger partial charge in [0.1, 0.15) is 10.8 Å². The molecule has 2 N–H and O–H groups in total. The molecule has 2 rings (SSSR count). The maximum absolute atomic E-state index is 12.5. The van der Waals surface area contributed by atoms with Crippen molar-refractivity contribution >= 4 is 63.9 Å². The van der Waals surface area contributed by atoms with Crippen LogP contribution in [0.3, 0.4) is 0 Å². The van der Waals surface area contributed by atoms with Crippen LogP contribution in [0.4, 0.5) is 5.69 Å². The molecule has 0 atom stereocenters. The highest BCUT2D eigenvalue weighted by Gasteiger charge is 2.22. The number of rotatable bonds is 5. The number of amides is 2.